The molecule has 0 aliphatic heterocycles. The Morgan fingerprint density at radius 2 is 2.17 bits per heavy atom. The second kappa shape index (κ2) is 5.99. The summed E-state index contributed by atoms with van der Waals surface area (Å²) in [4.78, 5) is 17.4. The monoisotopic (exact) mass is 334 g/mol. The maximum atomic E-state index is 10.8. The molecule has 1 aromatic heterocycles. The number of carboxylic acids is 1. The number of hydrogen-bond donors (Lipinski definition) is 2. The third-order valence-corrected chi connectivity index (χ3v) is 4.82. The molecule has 1 heterocycles. The molecule has 0 amide bonds. The van der Waals surface area contributed by atoms with Gasteiger partial charge in [-0.3, -0.25) is 0 Å². The summed E-state index contributed by atoms with van der Waals surface area (Å²) in [6.45, 7) is 9.43. The molecule has 0 fully saturated rings. The van der Waals surface area contributed by atoms with Crippen LogP contribution < -0.4 is 0 Å². The molecular weight excluding hydrogens is 316 g/mol. The highest BCUT2D eigenvalue weighted by molar-refractivity contribution is 9.10. The number of ether oxygens (including phenoxy) is 1. The Labute approximate surface area is 116 Å². The summed E-state index contributed by atoms with van der Waals surface area (Å²) in [7, 11) is -1.11. The number of halogens is 1. The summed E-state index contributed by atoms with van der Waals surface area (Å²) in [6, 6.07) is 1.08. The van der Waals surface area contributed by atoms with Crippen molar-refractivity contribution in [2.45, 2.75) is 38.7 Å². The van der Waals surface area contributed by atoms with Gasteiger partial charge in [0.25, 0.3) is 0 Å². The van der Waals surface area contributed by atoms with Crippen molar-refractivity contribution in [3.05, 3.63) is 16.1 Å². The molecule has 0 spiro atoms. The second-order valence-electron chi connectivity index (χ2n) is 5.42. The number of nitrogens with zero attached hydrogens (tertiary/aromatic N) is 1. The quantitative estimate of drug-likeness (QED) is 0.782. The molecule has 2 N–H and O–H groups in total. The van der Waals surface area contributed by atoms with E-state index in [-0.39, 0.29) is 11.9 Å². The van der Waals surface area contributed by atoms with E-state index in [0.717, 1.165) is 6.04 Å². The van der Waals surface area contributed by atoms with E-state index in [1.165, 1.54) is 0 Å². The van der Waals surface area contributed by atoms with Gasteiger partial charge in [-0.15, -0.1) is 0 Å². The first-order chi connectivity index (χ1) is 8.20. The summed E-state index contributed by atoms with van der Waals surface area (Å²) < 4.78 is 6.22. The molecule has 0 aliphatic carbocycles. The summed E-state index contributed by atoms with van der Waals surface area (Å²) in [5, 5.41) is 8.84. The standard InChI is InChI=1S/C11H19BrN2O3Si/c1-7(17-5-6-18(2,3)4)8-9(12)14-10(13-8)11(15)16/h7H,5-6H2,1-4H3,(H,13,14)(H,15,16). The summed E-state index contributed by atoms with van der Waals surface area (Å²) >= 11 is 3.24. The Bertz CT molecular complexity index is 428. The first kappa shape index (κ1) is 15.4. The maximum Gasteiger partial charge on any atom is 0.371 e. The van der Waals surface area contributed by atoms with Gasteiger partial charge in [-0.2, -0.15) is 0 Å². The van der Waals surface area contributed by atoms with Gasteiger partial charge < -0.3 is 14.8 Å². The van der Waals surface area contributed by atoms with E-state index in [0.29, 0.717) is 16.9 Å². The Hall–Kier alpha value is -0.663. The molecule has 0 radical (unpaired) electrons. The minimum Gasteiger partial charge on any atom is -0.475 e. The molecule has 0 saturated carbocycles. The first-order valence-corrected chi connectivity index (χ1v) is 10.3. The van der Waals surface area contributed by atoms with Gasteiger partial charge >= 0.3 is 5.97 Å². The molecule has 0 bridgehead atoms. The van der Waals surface area contributed by atoms with Crippen molar-refractivity contribution < 1.29 is 14.6 Å². The van der Waals surface area contributed by atoms with Crippen molar-refractivity contribution in [2.75, 3.05) is 6.61 Å². The van der Waals surface area contributed by atoms with Crippen LogP contribution in [0.5, 0.6) is 0 Å². The highest BCUT2D eigenvalue weighted by Gasteiger charge is 2.19. The molecule has 0 saturated heterocycles. The maximum absolute atomic E-state index is 10.8. The van der Waals surface area contributed by atoms with E-state index in [1.807, 2.05) is 6.92 Å². The lowest BCUT2D eigenvalue weighted by molar-refractivity contribution is 0.0676. The zero-order valence-electron chi connectivity index (χ0n) is 11.1. The third-order valence-electron chi connectivity index (χ3n) is 2.51. The number of aromatic carboxylic acids is 1. The minimum atomic E-state index is -1.11. The average molecular weight is 335 g/mol. The Morgan fingerprint density at radius 3 is 2.61 bits per heavy atom. The molecule has 18 heavy (non-hydrogen) atoms. The van der Waals surface area contributed by atoms with Crippen LogP contribution in [0.1, 0.15) is 29.3 Å². The molecule has 1 aromatic rings. The summed E-state index contributed by atoms with van der Waals surface area (Å²) in [6.07, 6.45) is -0.198. The SMILES string of the molecule is CC(OCC[Si](C)(C)C)c1[nH]c(C(=O)O)nc1Br. The number of nitrogens with one attached hydrogen (secondary N) is 1. The van der Waals surface area contributed by atoms with Crippen LogP contribution in [0.2, 0.25) is 25.7 Å². The fourth-order valence-corrected chi connectivity index (χ4v) is 2.69. The normalized spacial score (nSPS) is 13.6. The van der Waals surface area contributed by atoms with E-state index < -0.39 is 14.0 Å². The molecule has 0 aromatic carbocycles. The van der Waals surface area contributed by atoms with Gasteiger partial charge in [-0.25, -0.2) is 9.78 Å². The number of carbonyl (C=O) groups is 1. The third kappa shape index (κ3) is 4.54. The Balaban J connectivity index is 2.61. The van der Waals surface area contributed by atoms with Gasteiger partial charge in [0, 0.05) is 14.7 Å². The average Bonchev–Trinajstić information content (AvgIpc) is 2.58. The highest BCUT2D eigenvalue weighted by atomic mass is 79.9. The number of H-pyrrole nitrogens is 1. The zero-order chi connectivity index (χ0) is 13.9. The lowest BCUT2D eigenvalue weighted by Gasteiger charge is -2.18. The van der Waals surface area contributed by atoms with E-state index in [4.69, 9.17) is 9.84 Å². The van der Waals surface area contributed by atoms with Crippen LogP contribution in [0.3, 0.4) is 0 Å². The number of hydrogen-bond acceptors (Lipinski definition) is 3. The molecule has 1 rings (SSSR count). The number of rotatable bonds is 6. The summed E-state index contributed by atoms with van der Waals surface area (Å²) in [5.74, 6) is -1.14. The zero-order valence-corrected chi connectivity index (χ0v) is 13.7. The predicted molar refractivity (Wildman–Crippen MR) is 75.8 cm³/mol. The smallest absolute Gasteiger partial charge is 0.371 e. The molecule has 1 atom stereocenters. The second-order valence-corrected chi connectivity index (χ2v) is 11.8. The van der Waals surface area contributed by atoms with Crippen molar-refractivity contribution in [3.63, 3.8) is 0 Å². The van der Waals surface area contributed by atoms with Crippen molar-refractivity contribution in [1.29, 1.82) is 0 Å². The van der Waals surface area contributed by atoms with Gasteiger partial charge in [-0.05, 0) is 28.9 Å². The number of aromatic nitrogens is 2. The minimum absolute atomic E-state index is 0.0717. The molecule has 102 valence electrons. The lowest BCUT2D eigenvalue weighted by Crippen LogP contribution is -2.22. The van der Waals surface area contributed by atoms with Crippen molar-refractivity contribution in [3.8, 4) is 0 Å². The van der Waals surface area contributed by atoms with E-state index in [2.05, 4.69) is 45.5 Å². The van der Waals surface area contributed by atoms with Gasteiger partial charge in [-0.1, -0.05) is 19.6 Å². The predicted octanol–water partition coefficient (Wildman–Crippen LogP) is 3.29. The molecule has 5 nitrogen and oxygen atoms in total. The van der Waals surface area contributed by atoms with Crippen LogP contribution in [-0.4, -0.2) is 35.7 Å². The van der Waals surface area contributed by atoms with Crippen LogP contribution in [0.4, 0.5) is 0 Å². The van der Waals surface area contributed by atoms with Crippen LogP contribution >= 0.6 is 15.9 Å². The van der Waals surface area contributed by atoms with E-state index >= 15 is 0 Å². The number of imidazole rings is 1. The van der Waals surface area contributed by atoms with Gasteiger partial charge in [0.2, 0.25) is 5.82 Å². The number of aromatic amines is 1. The van der Waals surface area contributed by atoms with Crippen LogP contribution in [0, 0.1) is 0 Å². The molecule has 7 heteroatoms. The van der Waals surface area contributed by atoms with Crippen molar-refractivity contribution in [1.82, 2.24) is 9.97 Å². The lowest BCUT2D eigenvalue weighted by atomic mass is 10.3. The first-order valence-electron chi connectivity index (χ1n) is 5.81. The Morgan fingerprint density at radius 1 is 1.56 bits per heavy atom. The van der Waals surface area contributed by atoms with Gasteiger partial charge in [0.1, 0.15) is 4.60 Å². The Kier molecular flexibility index (Phi) is 5.12. The van der Waals surface area contributed by atoms with E-state index in [9.17, 15) is 4.79 Å². The van der Waals surface area contributed by atoms with E-state index in [1.54, 1.807) is 0 Å². The fraction of sp³-hybridized carbons (Fsp3) is 0.636. The molecule has 0 aliphatic rings. The molecular formula is C11H19BrN2O3Si. The van der Waals surface area contributed by atoms with Gasteiger partial charge in [0.15, 0.2) is 0 Å². The fourth-order valence-electron chi connectivity index (χ4n) is 1.36. The highest BCUT2D eigenvalue weighted by Crippen LogP contribution is 2.24. The van der Waals surface area contributed by atoms with Crippen LogP contribution in [0.25, 0.3) is 0 Å². The van der Waals surface area contributed by atoms with Crippen molar-refractivity contribution >= 4 is 30.0 Å². The summed E-state index contributed by atoms with van der Waals surface area (Å²) in [5.41, 5.74) is 0.669. The van der Waals surface area contributed by atoms with Crippen LogP contribution in [-0.2, 0) is 4.74 Å². The largest absolute Gasteiger partial charge is 0.475 e. The topological polar surface area (TPSA) is 75.2 Å². The van der Waals surface area contributed by atoms with Crippen molar-refractivity contribution in [2.24, 2.45) is 0 Å². The van der Waals surface area contributed by atoms with Gasteiger partial charge in [0.05, 0.1) is 11.8 Å². The molecule has 1 unspecified atom stereocenters. The van der Waals surface area contributed by atoms with Crippen LogP contribution in [0.15, 0.2) is 4.60 Å². The number of carboxylic acid groups (broad SMARTS) is 1.